The van der Waals surface area contributed by atoms with Crippen LogP contribution in [0.3, 0.4) is 0 Å². The van der Waals surface area contributed by atoms with Crippen molar-refractivity contribution in [1.29, 1.82) is 0 Å². The first-order valence-electron chi connectivity index (χ1n) is 10.6. The van der Waals surface area contributed by atoms with E-state index in [9.17, 15) is 0 Å². The van der Waals surface area contributed by atoms with Crippen LogP contribution in [0.15, 0.2) is 18.7 Å². The summed E-state index contributed by atoms with van der Waals surface area (Å²) in [5, 5.41) is 9.72. The maximum Gasteiger partial charge on any atom is 0.229 e. The van der Waals surface area contributed by atoms with Crippen LogP contribution in [0.4, 0.5) is 17.8 Å². The smallest absolute Gasteiger partial charge is 0.229 e. The van der Waals surface area contributed by atoms with E-state index >= 15 is 0 Å². The van der Waals surface area contributed by atoms with E-state index < -0.39 is 0 Å². The van der Waals surface area contributed by atoms with Gasteiger partial charge in [-0.05, 0) is 12.8 Å². The molecule has 2 heterocycles. The number of nitrogens with one attached hydrogen (secondary N) is 3. The van der Waals surface area contributed by atoms with Crippen LogP contribution in [0.25, 0.3) is 0 Å². The summed E-state index contributed by atoms with van der Waals surface area (Å²) in [6.45, 7) is 7.89. The molecule has 0 aromatic carbocycles. The standard InChI is InChI=1S/C19H35N9O2/c1-2-3-6-22-17-25-18(23-7-4-10-28-11-8-21-16-28)27-19(26-17)24-9-13-30-15-14-29-12-5-20/h8,11,16H,2-7,9-10,12-15,20H2,1H3,(H3,22,23,24,25,26,27). The molecule has 2 aromatic heterocycles. The van der Waals surface area contributed by atoms with Crippen molar-refractivity contribution in [1.82, 2.24) is 24.5 Å². The van der Waals surface area contributed by atoms with E-state index in [0.29, 0.717) is 57.4 Å². The third-order valence-corrected chi connectivity index (χ3v) is 4.05. The van der Waals surface area contributed by atoms with Crippen molar-refractivity contribution in [3.8, 4) is 0 Å². The molecule has 0 radical (unpaired) electrons. The highest BCUT2D eigenvalue weighted by Gasteiger charge is 2.06. The van der Waals surface area contributed by atoms with E-state index in [1.54, 1.807) is 6.20 Å². The van der Waals surface area contributed by atoms with Crippen LogP contribution in [-0.2, 0) is 16.0 Å². The van der Waals surface area contributed by atoms with Crippen molar-refractivity contribution in [2.24, 2.45) is 5.73 Å². The lowest BCUT2D eigenvalue weighted by molar-refractivity contribution is 0.0547. The van der Waals surface area contributed by atoms with Gasteiger partial charge in [-0.3, -0.25) is 0 Å². The summed E-state index contributed by atoms with van der Waals surface area (Å²) in [4.78, 5) is 17.4. The zero-order chi connectivity index (χ0) is 21.3. The maximum atomic E-state index is 5.52. The average molecular weight is 422 g/mol. The van der Waals surface area contributed by atoms with E-state index in [1.807, 2.05) is 17.1 Å². The molecule has 0 atom stereocenters. The Bertz CT molecular complexity index is 670. The van der Waals surface area contributed by atoms with Gasteiger partial charge in [-0.1, -0.05) is 13.3 Å². The highest BCUT2D eigenvalue weighted by Crippen LogP contribution is 2.10. The predicted octanol–water partition coefficient (Wildman–Crippen LogP) is 1.19. The van der Waals surface area contributed by atoms with E-state index in [1.165, 1.54) is 0 Å². The summed E-state index contributed by atoms with van der Waals surface area (Å²) in [5.41, 5.74) is 5.37. The van der Waals surface area contributed by atoms with Gasteiger partial charge in [0.15, 0.2) is 0 Å². The van der Waals surface area contributed by atoms with Gasteiger partial charge in [0.1, 0.15) is 0 Å². The third-order valence-electron chi connectivity index (χ3n) is 4.05. The zero-order valence-electron chi connectivity index (χ0n) is 17.8. The van der Waals surface area contributed by atoms with Gasteiger partial charge in [0.25, 0.3) is 0 Å². The minimum Gasteiger partial charge on any atom is -0.378 e. The SMILES string of the molecule is CCCCNc1nc(NCCCn2ccnc2)nc(NCCOCCOCCN)n1. The Hall–Kier alpha value is -2.50. The molecule has 0 aliphatic rings. The molecule has 0 bridgehead atoms. The van der Waals surface area contributed by atoms with E-state index in [4.69, 9.17) is 15.2 Å². The Kier molecular flexibility index (Phi) is 12.2. The fourth-order valence-electron chi connectivity index (χ4n) is 2.51. The van der Waals surface area contributed by atoms with Crippen molar-refractivity contribution in [2.45, 2.75) is 32.7 Å². The second kappa shape index (κ2) is 15.4. The number of aryl methyl sites for hydroxylation is 1. The lowest BCUT2D eigenvalue weighted by Crippen LogP contribution is -2.17. The van der Waals surface area contributed by atoms with Crippen LogP contribution in [0, 0.1) is 0 Å². The van der Waals surface area contributed by atoms with Crippen LogP contribution in [-0.4, -0.2) is 77.1 Å². The molecule has 0 fully saturated rings. The quantitative estimate of drug-likeness (QED) is 0.260. The summed E-state index contributed by atoms with van der Waals surface area (Å²) < 4.78 is 12.8. The molecule has 0 spiro atoms. The Morgan fingerprint density at radius 1 is 0.867 bits per heavy atom. The summed E-state index contributed by atoms with van der Waals surface area (Å²) in [6.07, 6.45) is 8.64. The summed E-state index contributed by atoms with van der Waals surface area (Å²) in [7, 11) is 0. The first-order valence-corrected chi connectivity index (χ1v) is 10.6. The molecule has 168 valence electrons. The van der Waals surface area contributed by atoms with Gasteiger partial charge in [-0.25, -0.2) is 4.98 Å². The number of rotatable bonds is 18. The third kappa shape index (κ3) is 10.3. The number of ether oxygens (including phenoxy) is 2. The minimum absolute atomic E-state index is 0.518. The number of hydrogen-bond donors (Lipinski definition) is 4. The molecule has 0 aliphatic carbocycles. The molecular formula is C19H35N9O2. The van der Waals surface area contributed by atoms with Gasteiger partial charge in [-0.15, -0.1) is 0 Å². The molecule has 0 aliphatic heterocycles. The van der Waals surface area contributed by atoms with E-state index in [-0.39, 0.29) is 0 Å². The van der Waals surface area contributed by atoms with Gasteiger partial charge < -0.3 is 35.7 Å². The van der Waals surface area contributed by atoms with Gasteiger partial charge in [0.2, 0.25) is 17.8 Å². The van der Waals surface area contributed by atoms with Crippen molar-refractivity contribution in [3.05, 3.63) is 18.7 Å². The van der Waals surface area contributed by atoms with E-state index in [2.05, 4.69) is 42.8 Å². The second-order valence-corrected chi connectivity index (χ2v) is 6.61. The molecule has 2 rings (SSSR count). The Morgan fingerprint density at radius 2 is 1.50 bits per heavy atom. The molecular weight excluding hydrogens is 386 g/mol. The molecule has 0 unspecified atom stereocenters. The van der Waals surface area contributed by atoms with Crippen molar-refractivity contribution in [2.75, 3.05) is 68.6 Å². The summed E-state index contributed by atoms with van der Waals surface area (Å²) in [5.74, 6) is 1.63. The van der Waals surface area contributed by atoms with Crippen molar-refractivity contribution < 1.29 is 9.47 Å². The monoisotopic (exact) mass is 421 g/mol. The first-order chi connectivity index (χ1) is 14.8. The molecule has 2 aromatic rings. The molecule has 30 heavy (non-hydrogen) atoms. The average Bonchev–Trinajstić information content (AvgIpc) is 3.27. The number of nitrogens with zero attached hydrogens (tertiary/aromatic N) is 5. The summed E-state index contributed by atoms with van der Waals surface area (Å²) in [6, 6.07) is 0. The van der Waals surface area contributed by atoms with Crippen LogP contribution >= 0.6 is 0 Å². The molecule has 0 saturated heterocycles. The molecule has 0 saturated carbocycles. The first kappa shape index (κ1) is 23.8. The highest BCUT2D eigenvalue weighted by molar-refractivity contribution is 5.42. The van der Waals surface area contributed by atoms with Crippen LogP contribution in [0.2, 0.25) is 0 Å². The molecule has 5 N–H and O–H groups in total. The van der Waals surface area contributed by atoms with Gasteiger partial charge in [-0.2, -0.15) is 15.0 Å². The van der Waals surface area contributed by atoms with E-state index in [0.717, 1.165) is 38.9 Å². The number of hydrogen-bond acceptors (Lipinski definition) is 10. The normalized spacial score (nSPS) is 10.9. The number of unbranched alkanes of at least 4 members (excludes halogenated alkanes) is 1. The highest BCUT2D eigenvalue weighted by atomic mass is 16.5. The zero-order valence-corrected chi connectivity index (χ0v) is 17.8. The Morgan fingerprint density at radius 3 is 2.10 bits per heavy atom. The Balaban J connectivity index is 1.77. The van der Waals surface area contributed by atoms with Gasteiger partial charge in [0, 0.05) is 45.1 Å². The maximum absolute atomic E-state index is 5.52. The summed E-state index contributed by atoms with van der Waals surface area (Å²) >= 11 is 0. The predicted molar refractivity (Wildman–Crippen MR) is 118 cm³/mol. The number of nitrogens with two attached hydrogens (primary N) is 1. The number of aromatic nitrogens is 5. The van der Waals surface area contributed by atoms with Gasteiger partial charge in [0.05, 0.1) is 32.8 Å². The fraction of sp³-hybridized carbons (Fsp3) is 0.684. The topological polar surface area (TPSA) is 137 Å². The lowest BCUT2D eigenvalue weighted by Gasteiger charge is -2.11. The Labute approximate surface area is 178 Å². The van der Waals surface area contributed by atoms with Crippen molar-refractivity contribution >= 4 is 17.8 Å². The minimum atomic E-state index is 0.518. The van der Waals surface area contributed by atoms with Crippen LogP contribution < -0.4 is 21.7 Å². The number of imidazole rings is 1. The molecule has 0 amide bonds. The largest absolute Gasteiger partial charge is 0.378 e. The second-order valence-electron chi connectivity index (χ2n) is 6.61. The van der Waals surface area contributed by atoms with Crippen LogP contribution in [0.1, 0.15) is 26.2 Å². The van der Waals surface area contributed by atoms with Gasteiger partial charge >= 0.3 is 0 Å². The number of anilines is 3. The fourth-order valence-corrected chi connectivity index (χ4v) is 2.51. The molecule has 11 heteroatoms. The van der Waals surface area contributed by atoms with Crippen molar-refractivity contribution in [3.63, 3.8) is 0 Å². The lowest BCUT2D eigenvalue weighted by atomic mass is 10.3. The van der Waals surface area contributed by atoms with Crippen LogP contribution in [0.5, 0.6) is 0 Å². The molecule has 11 nitrogen and oxygen atoms in total.